The molecule has 7 unspecified atom stereocenters. The van der Waals surface area contributed by atoms with Crippen LogP contribution in [0.4, 0.5) is 4.48 Å². The average Bonchev–Trinajstić information content (AvgIpc) is 3.36. The van der Waals surface area contributed by atoms with Crippen LogP contribution in [-0.2, 0) is 120 Å². The second kappa shape index (κ2) is 51.1. The van der Waals surface area contributed by atoms with Crippen LogP contribution in [0, 0.1) is 0 Å². The Hall–Kier alpha value is 0.620. The zero-order valence-corrected chi connectivity index (χ0v) is 48.7. The monoisotopic (exact) mass is 1280 g/mol. The van der Waals surface area contributed by atoms with Crippen LogP contribution in [0.5, 0.6) is 0 Å². The maximum Gasteiger partial charge on any atom is 0.473 e. The van der Waals surface area contributed by atoms with Gasteiger partial charge >= 0.3 is 38.9 Å². The molecule has 0 amide bonds. The van der Waals surface area contributed by atoms with Crippen molar-refractivity contribution in [1.29, 1.82) is 0 Å². The molecule has 0 saturated carbocycles. The van der Waals surface area contributed by atoms with E-state index in [4.69, 9.17) is 104 Å². The number of rotatable bonds is 62. The maximum atomic E-state index is 12.8. The van der Waals surface area contributed by atoms with E-state index in [9.17, 15) is 46.9 Å². The van der Waals surface area contributed by atoms with E-state index in [1.807, 2.05) is 0 Å². The van der Waals surface area contributed by atoms with E-state index in [1.165, 1.54) is 5.54 Å². The molecule has 0 aliphatic heterocycles. The number of phosphoric acid groups is 4. The molecule has 0 aromatic carbocycles. The molecule has 0 saturated heterocycles. The first-order valence-electron chi connectivity index (χ1n) is 23.1. The van der Waals surface area contributed by atoms with Crippen molar-refractivity contribution < 1.29 is 154 Å². The zero-order chi connectivity index (χ0) is 57.3. The normalized spacial score (nSPS) is 16.8. The van der Waals surface area contributed by atoms with Crippen LogP contribution in [0.3, 0.4) is 0 Å². The molecule has 0 aromatic heterocycles. The third kappa shape index (κ3) is 56.9. The summed E-state index contributed by atoms with van der Waals surface area (Å²) in [4.78, 5) is 49.2. The molecule has 9 N–H and O–H groups in total. The van der Waals surface area contributed by atoms with Crippen molar-refractivity contribution in [3.8, 4) is 0 Å². The Labute approximate surface area is 454 Å². The van der Waals surface area contributed by atoms with Gasteiger partial charge in [0.05, 0.1) is 198 Å². The number of nitrogens with one attached hydrogen (secondary N) is 1. The van der Waals surface area contributed by atoms with Crippen LogP contribution in [0.1, 0.15) is 0 Å². The van der Waals surface area contributed by atoms with Crippen LogP contribution >= 0.6 is 60.5 Å². The fourth-order valence-corrected chi connectivity index (χ4v) is 9.50. The lowest BCUT2D eigenvalue weighted by Crippen LogP contribution is -2.29. The highest BCUT2D eigenvalue weighted by molar-refractivity contribution is 8.76. The molecule has 0 fully saturated rings. The SMILES string of the molecule is CP(=O)(O)OCCOCCOCCOCCOCCOCCOP(=O)(O)OC(COCN)COP(=O)(O)OC(COCNF)COP(=O)(O)OCCOCCOCCOCCOCCOCCOP(=O)(O)OCSSCO. The standard InChI is InChI=1S/C35H78FN2O32P5S2/c1-71(40,41)62-22-18-56-14-10-52-6-2-50-5-9-55-13-17-59-21-25-65-74(46,47)69-34(26-60-30-37)29-67-75(48,49)70-35(27-61-31-38-36)28-66-72(42,43)63-23-19-57-15-11-53-7-3-51-4-8-54-12-16-58-20-24-64-73(44,45)68-33-77-76-32-39/h34-35,38-39H,2-33,37H2,1H3,(H,40,41)(H,42,43)(H,44,45)(H,46,47)(H,48,49). The van der Waals surface area contributed by atoms with Crippen molar-refractivity contribution in [1.82, 2.24) is 5.54 Å². The average molecular weight is 1280 g/mol. The summed E-state index contributed by atoms with van der Waals surface area (Å²) in [6.07, 6.45) is -3.20. The molecule has 42 heteroatoms. The summed E-state index contributed by atoms with van der Waals surface area (Å²) < 4.78 is 180. The highest BCUT2D eigenvalue weighted by Gasteiger charge is 2.34. The summed E-state index contributed by atoms with van der Waals surface area (Å²) in [6, 6.07) is 0. The van der Waals surface area contributed by atoms with Crippen molar-refractivity contribution in [2.24, 2.45) is 5.73 Å². The number of aliphatic hydroxyl groups excluding tert-OH is 1. The highest BCUT2D eigenvalue weighted by atomic mass is 33.1. The lowest BCUT2D eigenvalue weighted by molar-refractivity contribution is -0.0321. The number of hydrogen-bond acceptors (Lipinski definition) is 31. The quantitative estimate of drug-likeness (QED) is 0.0138. The molecule has 0 aliphatic carbocycles. The van der Waals surface area contributed by atoms with Crippen LogP contribution in [0.15, 0.2) is 0 Å². The molecule has 0 aromatic rings. The fourth-order valence-electron chi connectivity index (χ4n) is 4.54. The Kier molecular flexibility index (Phi) is 51.5. The van der Waals surface area contributed by atoms with E-state index in [2.05, 4.69) is 9.05 Å². The topological polar surface area (TPSA) is 439 Å². The van der Waals surface area contributed by atoms with Crippen LogP contribution in [0.25, 0.3) is 0 Å². The van der Waals surface area contributed by atoms with Gasteiger partial charge in [0.2, 0.25) is 0 Å². The Morgan fingerprint density at radius 2 is 0.701 bits per heavy atom. The van der Waals surface area contributed by atoms with E-state index in [1.54, 1.807) is 0 Å². The number of aliphatic hydroxyl groups is 1. The fraction of sp³-hybridized carbons (Fsp3) is 1.00. The minimum Gasteiger partial charge on any atom is -0.385 e. The van der Waals surface area contributed by atoms with Gasteiger partial charge in [0, 0.05) is 6.66 Å². The number of phosphoric ester groups is 4. The first-order chi connectivity index (χ1) is 36.8. The van der Waals surface area contributed by atoms with Crippen molar-refractivity contribution in [2.75, 3.05) is 217 Å². The molecule has 0 rings (SSSR count). The smallest absolute Gasteiger partial charge is 0.385 e. The molecular weight excluding hydrogens is 1200 g/mol. The maximum absolute atomic E-state index is 12.8. The highest BCUT2D eigenvalue weighted by Crippen LogP contribution is 2.49. The molecule has 0 spiro atoms. The molecule has 0 bridgehead atoms. The first-order valence-corrected chi connectivity index (χ1v) is 33.6. The van der Waals surface area contributed by atoms with Gasteiger partial charge < -0.3 is 96.7 Å². The summed E-state index contributed by atoms with van der Waals surface area (Å²) in [5.74, 6) is -0.296. The molecular formula is C35H78FN2O32P5S2. The van der Waals surface area contributed by atoms with Gasteiger partial charge in [-0.25, -0.2) is 18.3 Å². The van der Waals surface area contributed by atoms with Crippen LogP contribution < -0.4 is 11.3 Å². The van der Waals surface area contributed by atoms with Gasteiger partial charge in [0.1, 0.15) is 24.9 Å². The molecule has 77 heavy (non-hydrogen) atoms. The summed E-state index contributed by atoms with van der Waals surface area (Å²) in [6.45, 7) is -0.603. The molecule has 34 nitrogen and oxygen atoms in total. The van der Waals surface area contributed by atoms with Crippen LogP contribution in [0.2, 0.25) is 0 Å². The van der Waals surface area contributed by atoms with Gasteiger partial charge in [-0.2, -0.15) is 0 Å². The third-order valence-corrected chi connectivity index (χ3v) is 14.2. The van der Waals surface area contributed by atoms with Gasteiger partial charge in [0.25, 0.3) is 0 Å². The zero-order valence-electron chi connectivity index (χ0n) is 42.6. The lowest BCUT2D eigenvalue weighted by atomic mass is 10.4. The van der Waals surface area contributed by atoms with Crippen molar-refractivity contribution in [2.45, 2.75) is 12.2 Å². The van der Waals surface area contributed by atoms with E-state index in [0.717, 1.165) is 28.3 Å². The van der Waals surface area contributed by atoms with E-state index in [0.29, 0.717) is 19.8 Å². The Morgan fingerprint density at radius 1 is 0.403 bits per heavy atom. The number of nitrogens with two attached hydrogens (primary N) is 1. The molecule has 0 aliphatic rings. The first kappa shape index (κ1) is 77.6. The summed E-state index contributed by atoms with van der Waals surface area (Å²) in [5, 5.41) is 8.64. The Morgan fingerprint density at radius 3 is 1.04 bits per heavy atom. The van der Waals surface area contributed by atoms with Crippen molar-refractivity contribution in [3.05, 3.63) is 0 Å². The number of hydrogen-bond donors (Lipinski definition) is 8. The Bertz CT molecular complexity index is 1620. The van der Waals surface area contributed by atoms with E-state index in [-0.39, 0.29) is 137 Å². The summed E-state index contributed by atoms with van der Waals surface area (Å²) >= 11 is 0. The predicted octanol–water partition coefficient (Wildman–Crippen LogP) is 0.926. The summed E-state index contributed by atoms with van der Waals surface area (Å²) in [5.41, 5.74) is 6.50. The second-order valence-electron chi connectivity index (χ2n) is 14.0. The molecule has 7 atom stereocenters. The predicted molar refractivity (Wildman–Crippen MR) is 267 cm³/mol. The van der Waals surface area contributed by atoms with Gasteiger partial charge in [0.15, 0.2) is 0 Å². The minimum atomic E-state index is -5.16. The molecule has 464 valence electrons. The van der Waals surface area contributed by atoms with Gasteiger partial charge in [-0.3, -0.25) is 40.8 Å². The van der Waals surface area contributed by atoms with Crippen molar-refractivity contribution >= 4 is 60.5 Å². The summed E-state index contributed by atoms with van der Waals surface area (Å²) in [7, 11) is -20.5. The number of halogens is 1. The van der Waals surface area contributed by atoms with Gasteiger partial charge in [-0.05, 0) is 0 Å². The van der Waals surface area contributed by atoms with Crippen molar-refractivity contribution in [3.63, 3.8) is 0 Å². The van der Waals surface area contributed by atoms with Gasteiger partial charge in [-0.1, -0.05) is 21.6 Å². The second-order valence-corrected chi connectivity index (χ2v) is 23.9. The lowest BCUT2D eigenvalue weighted by Gasteiger charge is -2.24. The Balaban J connectivity index is 4.29. The molecule has 0 heterocycles. The van der Waals surface area contributed by atoms with Crippen LogP contribution in [-0.4, -0.2) is 259 Å². The number of ether oxygens (including phenoxy) is 12. The third-order valence-electron chi connectivity index (χ3n) is 7.67. The minimum absolute atomic E-state index is 0.00693. The van der Waals surface area contributed by atoms with E-state index >= 15 is 0 Å². The van der Waals surface area contributed by atoms with E-state index < -0.39 is 104 Å². The van der Waals surface area contributed by atoms with Gasteiger partial charge in [-0.15, -0.1) is 10.0 Å². The molecule has 0 radical (unpaired) electrons. The largest absolute Gasteiger partial charge is 0.473 e.